The van der Waals surface area contributed by atoms with E-state index in [1.165, 1.54) is 0 Å². The van der Waals surface area contributed by atoms with Gasteiger partial charge in [0.15, 0.2) is 0 Å². The summed E-state index contributed by atoms with van der Waals surface area (Å²) in [4.78, 5) is 23.2. The number of rotatable bonds is 14. The Morgan fingerprint density at radius 1 is 1.15 bits per heavy atom. The Morgan fingerprint density at radius 2 is 1.96 bits per heavy atom. The number of thioether (sulfide) groups is 1. The Kier molecular flexibility index (Phi) is 10.2. The molecule has 0 aliphatic carbocycles. The van der Waals surface area contributed by atoms with Gasteiger partial charge in [-0.3, -0.25) is 4.79 Å². The van der Waals surface area contributed by atoms with Crippen molar-refractivity contribution in [2.75, 3.05) is 38.7 Å². The molecule has 0 saturated carbocycles. The topological polar surface area (TPSA) is 88.7 Å². The summed E-state index contributed by atoms with van der Waals surface area (Å²) in [6, 6.07) is 0.497. The van der Waals surface area contributed by atoms with Gasteiger partial charge < -0.3 is 25.4 Å². The van der Waals surface area contributed by atoms with Gasteiger partial charge in [0.1, 0.15) is 0 Å². The molecule has 2 heterocycles. The average molecular weight is 388 g/mol. The minimum atomic E-state index is -0.0397. The van der Waals surface area contributed by atoms with Crippen molar-refractivity contribution in [2.24, 2.45) is 0 Å². The molecule has 1 unspecified atom stereocenters. The van der Waals surface area contributed by atoms with Crippen LogP contribution in [0.1, 0.15) is 45.4 Å². The SMILES string of the molecule is CCCOCCOCCCNC(=O)CCCCC1SC[C@@H]2NC(=O)N[C@H]12. The number of unbranched alkanes of at least 4 members (excludes halogenated alkanes) is 1. The van der Waals surface area contributed by atoms with Gasteiger partial charge >= 0.3 is 6.03 Å². The lowest BCUT2D eigenvalue weighted by Crippen LogP contribution is -2.36. The Bertz CT molecular complexity index is 439. The molecule has 2 rings (SSSR count). The number of carbonyl (C=O) groups excluding carboxylic acids is 2. The van der Waals surface area contributed by atoms with E-state index in [0.717, 1.165) is 44.5 Å². The van der Waals surface area contributed by atoms with E-state index in [4.69, 9.17) is 9.47 Å². The summed E-state index contributed by atoms with van der Waals surface area (Å²) in [6.45, 7) is 5.43. The molecule has 3 N–H and O–H groups in total. The Hall–Kier alpha value is -0.990. The maximum absolute atomic E-state index is 11.8. The Balaban J connectivity index is 1.38. The van der Waals surface area contributed by atoms with E-state index in [9.17, 15) is 9.59 Å². The highest BCUT2D eigenvalue weighted by molar-refractivity contribution is 8.00. The fraction of sp³-hybridized carbons (Fsp3) is 0.889. The summed E-state index contributed by atoms with van der Waals surface area (Å²) in [5, 5.41) is 9.37. The quantitative estimate of drug-likeness (QED) is 0.312. The average Bonchev–Trinajstić information content (AvgIpc) is 3.16. The molecule has 0 aromatic rings. The van der Waals surface area contributed by atoms with Gasteiger partial charge in [-0.1, -0.05) is 13.3 Å². The second-order valence-electron chi connectivity index (χ2n) is 6.80. The number of hydrogen-bond acceptors (Lipinski definition) is 5. The molecule has 150 valence electrons. The molecule has 2 aliphatic rings. The zero-order chi connectivity index (χ0) is 18.6. The minimum absolute atomic E-state index is 0.0397. The van der Waals surface area contributed by atoms with E-state index in [1.54, 1.807) is 0 Å². The largest absolute Gasteiger partial charge is 0.379 e. The first-order valence-electron chi connectivity index (χ1n) is 9.81. The number of hydrogen-bond donors (Lipinski definition) is 3. The lowest BCUT2D eigenvalue weighted by atomic mass is 10.0. The van der Waals surface area contributed by atoms with Gasteiger partial charge in [-0.15, -0.1) is 0 Å². The van der Waals surface area contributed by atoms with Crippen LogP contribution in [0, 0.1) is 0 Å². The molecule has 2 saturated heterocycles. The summed E-state index contributed by atoms with van der Waals surface area (Å²) in [7, 11) is 0. The van der Waals surface area contributed by atoms with Gasteiger partial charge in [0, 0.05) is 37.2 Å². The third-order valence-electron chi connectivity index (χ3n) is 4.59. The van der Waals surface area contributed by atoms with Crippen LogP contribution >= 0.6 is 11.8 Å². The predicted octanol–water partition coefficient (Wildman–Crippen LogP) is 1.66. The normalized spacial score (nSPS) is 24.2. The van der Waals surface area contributed by atoms with E-state index in [1.807, 2.05) is 11.8 Å². The molecule has 0 bridgehead atoms. The van der Waals surface area contributed by atoms with E-state index >= 15 is 0 Å². The van der Waals surface area contributed by atoms with Crippen LogP contribution in [0.4, 0.5) is 4.79 Å². The molecular weight excluding hydrogens is 354 g/mol. The van der Waals surface area contributed by atoms with Crippen molar-refractivity contribution in [3.8, 4) is 0 Å². The van der Waals surface area contributed by atoms with Gasteiger partial charge in [0.05, 0.1) is 25.3 Å². The molecular formula is C18H33N3O4S. The summed E-state index contributed by atoms with van der Waals surface area (Å²) < 4.78 is 10.8. The van der Waals surface area contributed by atoms with E-state index in [0.29, 0.717) is 38.0 Å². The molecule has 0 radical (unpaired) electrons. The number of nitrogens with one attached hydrogen (secondary N) is 3. The third kappa shape index (κ3) is 7.72. The second-order valence-corrected chi connectivity index (χ2v) is 8.07. The van der Waals surface area contributed by atoms with Crippen molar-refractivity contribution in [3.05, 3.63) is 0 Å². The molecule has 3 amide bonds. The van der Waals surface area contributed by atoms with Crippen molar-refractivity contribution >= 4 is 23.7 Å². The first-order valence-corrected chi connectivity index (χ1v) is 10.9. The maximum atomic E-state index is 11.8. The number of amides is 3. The molecule has 3 atom stereocenters. The van der Waals surface area contributed by atoms with Crippen molar-refractivity contribution < 1.29 is 19.1 Å². The first-order chi connectivity index (χ1) is 12.7. The highest BCUT2D eigenvalue weighted by Gasteiger charge is 2.42. The molecule has 0 aromatic carbocycles. The number of ether oxygens (including phenoxy) is 2. The van der Waals surface area contributed by atoms with Crippen LogP contribution in [0.2, 0.25) is 0 Å². The standard InChI is InChI=1S/C18H33N3O4S/c1-2-9-24-11-12-25-10-5-8-19-16(22)7-4-3-6-15-17-14(13-26-15)20-18(23)21-17/h14-15,17H,2-13H2,1H3,(H,19,22)(H2,20,21,23)/t14-,15?,17-/m0/s1. The van der Waals surface area contributed by atoms with Crippen molar-refractivity contribution in [2.45, 2.75) is 62.8 Å². The van der Waals surface area contributed by atoms with Crippen molar-refractivity contribution in [3.63, 3.8) is 0 Å². The highest BCUT2D eigenvalue weighted by Crippen LogP contribution is 2.33. The summed E-state index contributed by atoms with van der Waals surface area (Å²) in [5.74, 6) is 1.10. The van der Waals surface area contributed by atoms with Gasteiger partial charge in [0.2, 0.25) is 5.91 Å². The molecule has 8 heteroatoms. The van der Waals surface area contributed by atoms with Gasteiger partial charge in [0.25, 0.3) is 0 Å². The molecule has 2 fully saturated rings. The van der Waals surface area contributed by atoms with Crippen molar-refractivity contribution in [1.82, 2.24) is 16.0 Å². The number of urea groups is 1. The lowest BCUT2D eigenvalue weighted by molar-refractivity contribution is -0.121. The zero-order valence-electron chi connectivity index (χ0n) is 15.8. The van der Waals surface area contributed by atoms with Crippen molar-refractivity contribution in [1.29, 1.82) is 0 Å². The maximum Gasteiger partial charge on any atom is 0.315 e. The number of fused-ring (bicyclic) bond motifs is 1. The fourth-order valence-corrected chi connectivity index (χ4v) is 4.77. The molecule has 0 aromatic heterocycles. The fourth-order valence-electron chi connectivity index (χ4n) is 3.23. The van der Waals surface area contributed by atoms with Crippen LogP contribution < -0.4 is 16.0 Å². The summed E-state index contributed by atoms with van der Waals surface area (Å²) in [6.07, 6.45) is 5.39. The Labute approximate surface area is 160 Å². The van der Waals surface area contributed by atoms with Crippen LogP contribution in [0.3, 0.4) is 0 Å². The van der Waals surface area contributed by atoms with E-state index < -0.39 is 0 Å². The number of carbonyl (C=O) groups is 2. The molecule has 26 heavy (non-hydrogen) atoms. The van der Waals surface area contributed by atoms with Gasteiger partial charge in [-0.2, -0.15) is 11.8 Å². The molecule has 0 spiro atoms. The van der Waals surface area contributed by atoms with E-state index in [-0.39, 0.29) is 24.0 Å². The zero-order valence-corrected chi connectivity index (χ0v) is 16.6. The smallest absolute Gasteiger partial charge is 0.315 e. The Morgan fingerprint density at radius 3 is 2.77 bits per heavy atom. The highest BCUT2D eigenvalue weighted by atomic mass is 32.2. The molecule has 2 aliphatic heterocycles. The first kappa shape index (κ1) is 21.3. The van der Waals surface area contributed by atoms with Crippen LogP contribution in [-0.2, 0) is 14.3 Å². The summed E-state index contributed by atoms with van der Waals surface area (Å²) in [5.41, 5.74) is 0. The summed E-state index contributed by atoms with van der Waals surface area (Å²) >= 11 is 1.92. The van der Waals surface area contributed by atoms with Crippen LogP contribution in [-0.4, -0.2) is 68.0 Å². The van der Waals surface area contributed by atoms with Crippen LogP contribution in [0.15, 0.2) is 0 Å². The second kappa shape index (κ2) is 12.4. The monoisotopic (exact) mass is 387 g/mol. The minimum Gasteiger partial charge on any atom is -0.379 e. The van der Waals surface area contributed by atoms with Crippen LogP contribution in [0.5, 0.6) is 0 Å². The predicted molar refractivity (Wildman–Crippen MR) is 104 cm³/mol. The van der Waals surface area contributed by atoms with Gasteiger partial charge in [-0.25, -0.2) is 4.79 Å². The van der Waals surface area contributed by atoms with E-state index in [2.05, 4.69) is 22.9 Å². The third-order valence-corrected chi connectivity index (χ3v) is 6.10. The van der Waals surface area contributed by atoms with Crippen LogP contribution in [0.25, 0.3) is 0 Å². The van der Waals surface area contributed by atoms with Gasteiger partial charge in [-0.05, 0) is 25.7 Å². The lowest BCUT2D eigenvalue weighted by Gasteiger charge is -2.16. The molecule has 7 nitrogen and oxygen atoms in total.